The Kier molecular flexibility index (Phi) is 6.43. The molecule has 5 nitrogen and oxygen atoms in total. The highest BCUT2D eigenvalue weighted by Gasteiger charge is 2.18. The van der Waals surface area contributed by atoms with Gasteiger partial charge in [-0.25, -0.2) is 17.9 Å². The van der Waals surface area contributed by atoms with Crippen LogP contribution in [0.2, 0.25) is 0 Å². The molecule has 0 atom stereocenters. The van der Waals surface area contributed by atoms with E-state index in [1.165, 1.54) is 16.8 Å². The molecule has 1 aliphatic rings. The van der Waals surface area contributed by atoms with Gasteiger partial charge in [-0.05, 0) is 61.5 Å². The molecule has 1 fully saturated rings. The number of hydrogen-bond donors (Lipinski definition) is 0. The number of benzene rings is 2. The van der Waals surface area contributed by atoms with Crippen molar-refractivity contribution < 1.29 is 13.2 Å². The number of piperazine rings is 1. The second-order valence-electron chi connectivity index (χ2n) is 8.31. The molecule has 1 aromatic heterocycles. The first-order valence-electron chi connectivity index (χ1n) is 10.5. The minimum Gasteiger partial charge on any atom is -0.304 e. The second-order valence-corrected chi connectivity index (χ2v) is 8.31. The summed E-state index contributed by atoms with van der Waals surface area (Å²) in [6.45, 7) is 5.64. The monoisotopic (exact) mass is 442 g/mol. The number of likely N-dealkylation sites (N-methyl/N-ethyl adjacent to an activating group) is 1. The van der Waals surface area contributed by atoms with Gasteiger partial charge in [0.1, 0.15) is 5.82 Å². The molecule has 0 bridgehead atoms. The van der Waals surface area contributed by atoms with Crippen LogP contribution in [0.15, 0.2) is 47.3 Å². The molecule has 8 heteroatoms. The fourth-order valence-electron chi connectivity index (χ4n) is 3.82. The summed E-state index contributed by atoms with van der Waals surface area (Å²) >= 11 is 0. The topological polar surface area (TPSA) is 41.4 Å². The van der Waals surface area contributed by atoms with Crippen molar-refractivity contribution in [2.45, 2.75) is 20.0 Å². The SMILES string of the molecule is Cc1cc(-c2cc(CN3CCN(C)CC3)c(=O)n(Cc3ccc(F)c(F)c3)n2)ccc1F. The van der Waals surface area contributed by atoms with E-state index in [9.17, 15) is 18.0 Å². The van der Waals surface area contributed by atoms with Crippen molar-refractivity contribution in [2.24, 2.45) is 0 Å². The van der Waals surface area contributed by atoms with Gasteiger partial charge >= 0.3 is 0 Å². The van der Waals surface area contributed by atoms with Gasteiger partial charge in [0.15, 0.2) is 11.6 Å². The van der Waals surface area contributed by atoms with E-state index in [1.54, 1.807) is 25.1 Å². The largest absolute Gasteiger partial charge is 0.304 e. The molecule has 1 saturated heterocycles. The molecule has 3 aromatic rings. The summed E-state index contributed by atoms with van der Waals surface area (Å²) in [5.74, 6) is -2.24. The van der Waals surface area contributed by atoms with Crippen LogP contribution in [0, 0.1) is 24.4 Å². The third-order valence-electron chi connectivity index (χ3n) is 5.81. The van der Waals surface area contributed by atoms with Gasteiger partial charge in [0.05, 0.1) is 12.2 Å². The number of rotatable bonds is 5. The maximum Gasteiger partial charge on any atom is 0.271 e. The van der Waals surface area contributed by atoms with Crippen LogP contribution in [0.1, 0.15) is 16.7 Å². The predicted molar refractivity (Wildman–Crippen MR) is 117 cm³/mol. The molecular formula is C24H25F3N4O. The maximum absolute atomic E-state index is 13.8. The summed E-state index contributed by atoms with van der Waals surface area (Å²) in [6, 6.07) is 9.96. The van der Waals surface area contributed by atoms with Crippen LogP contribution in [0.3, 0.4) is 0 Å². The van der Waals surface area contributed by atoms with Gasteiger partial charge in [-0.2, -0.15) is 5.10 Å². The van der Waals surface area contributed by atoms with E-state index < -0.39 is 11.6 Å². The highest BCUT2D eigenvalue weighted by atomic mass is 19.2. The summed E-state index contributed by atoms with van der Waals surface area (Å²) in [5, 5.41) is 4.47. The zero-order valence-corrected chi connectivity index (χ0v) is 18.1. The Morgan fingerprint density at radius 1 is 0.875 bits per heavy atom. The Balaban J connectivity index is 1.73. The lowest BCUT2D eigenvalue weighted by Crippen LogP contribution is -2.45. The summed E-state index contributed by atoms with van der Waals surface area (Å²) < 4.78 is 42.1. The van der Waals surface area contributed by atoms with Crippen LogP contribution in [0.4, 0.5) is 13.2 Å². The number of aryl methyl sites for hydroxylation is 1. The van der Waals surface area contributed by atoms with E-state index >= 15 is 0 Å². The average molecular weight is 442 g/mol. The third-order valence-corrected chi connectivity index (χ3v) is 5.81. The van der Waals surface area contributed by atoms with E-state index in [4.69, 9.17) is 0 Å². The predicted octanol–water partition coefficient (Wildman–Crippen LogP) is 3.43. The van der Waals surface area contributed by atoms with Crippen molar-refractivity contribution in [1.82, 2.24) is 19.6 Å². The molecule has 2 aromatic carbocycles. The smallest absolute Gasteiger partial charge is 0.271 e. The molecule has 0 N–H and O–H groups in total. The highest BCUT2D eigenvalue weighted by Crippen LogP contribution is 2.21. The molecule has 0 amide bonds. The Morgan fingerprint density at radius 3 is 2.28 bits per heavy atom. The number of nitrogens with zero attached hydrogens (tertiary/aromatic N) is 4. The van der Waals surface area contributed by atoms with E-state index in [0.717, 1.165) is 38.3 Å². The average Bonchev–Trinajstić information content (AvgIpc) is 2.77. The first-order valence-corrected chi connectivity index (χ1v) is 10.5. The fourth-order valence-corrected chi connectivity index (χ4v) is 3.82. The molecule has 2 heterocycles. The third kappa shape index (κ3) is 4.92. The lowest BCUT2D eigenvalue weighted by atomic mass is 10.1. The number of hydrogen-bond acceptors (Lipinski definition) is 4. The van der Waals surface area contributed by atoms with E-state index in [1.807, 2.05) is 0 Å². The maximum atomic E-state index is 13.8. The van der Waals surface area contributed by atoms with Gasteiger partial charge in [0.2, 0.25) is 0 Å². The summed E-state index contributed by atoms with van der Waals surface area (Å²) in [4.78, 5) is 17.6. The van der Waals surface area contributed by atoms with Gasteiger partial charge in [-0.15, -0.1) is 0 Å². The molecular weight excluding hydrogens is 417 g/mol. The van der Waals surface area contributed by atoms with E-state index in [0.29, 0.717) is 34.5 Å². The van der Waals surface area contributed by atoms with Gasteiger partial charge < -0.3 is 4.90 Å². The summed E-state index contributed by atoms with van der Waals surface area (Å²) in [6.07, 6.45) is 0. The van der Waals surface area contributed by atoms with Crippen LogP contribution < -0.4 is 5.56 Å². The Hall–Kier alpha value is -2.97. The standard InChI is InChI=1S/C24H25F3N4O/c1-16-11-18(4-6-20(16)25)23-13-19(15-30-9-7-29(2)8-10-30)24(32)31(28-23)14-17-3-5-21(26)22(27)12-17/h3-6,11-13H,7-10,14-15H2,1-2H3. The Bertz CT molecular complexity index is 1190. The molecule has 32 heavy (non-hydrogen) atoms. The lowest BCUT2D eigenvalue weighted by molar-refractivity contribution is 0.147. The number of halogens is 3. The summed E-state index contributed by atoms with van der Waals surface area (Å²) in [5.41, 5.74) is 2.39. The first-order chi connectivity index (χ1) is 15.3. The van der Waals surface area contributed by atoms with Crippen molar-refractivity contribution in [2.75, 3.05) is 33.2 Å². The Labute approximate surface area is 184 Å². The normalized spacial score (nSPS) is 15.3. The molecule has 4 rings (SSSR count). The second kappa shape index (κ2) is 9.26. The van der Waals surface area contributed by atoms with Gasteiger partial charge in [0, 0.05) is 43.9 Å². The van der Waals surface area contributed by atoms with E-state index in [2.05, 4.69) is 21.9 Å². The van der Waals surface area contributed by atoms with Gasteiger partial charge in [0.25, 0.3) is 5.56 Å². The van der Waals surface area contributed by atoms with Crippen molar-refractivity contribution in [3.05, 3.63) is 87.0 Å². The van der Waals surface area contributed by atoms with Crippen LogP contribution in [0.25, 0.3) is 11.3 Å². The van der Waals surface area contributed by atoms with Gasteiger partial charge in [-0.1, -0.05) is 6.07 Å². The van der Waals surface area contributed by atoms with Crippen LogP contribution in [-0.4, -0.2) is 52.8 Å². The van der Waals surface area contributed by atoms with Crippen molar-refractivity contribution in [3.8, 4) is 11.3 Å². The molecule has 0 aliphatic carbocycles. The zero-order chi connectivity index (χ0) is 22.8. The Morgan fingerprint density at radius 2 is 1.59 bits per heavy atom. The minimum atomic E-state index is -0.974. The minimum absolute atomic E-state index is 0.000210. The van der Waals surface area contributed by atoms with Gasteiger partial charge in [-0.3, -0.25) is 9.69 Å². The molecule has 0 radical (unpaired) electrons. The van der Waals surface area contributed by atoms with Crippen molar-refractivity contribution in [1.29, 1.82) is 0 Å². The molecule has 168 valence electrons. The van der Waals surface area contributed by atoms with Crippen molar-refractivity contribution >= 4 is 0 Å². The molecule has 0 spiro atoms. The highest BCUT2D eigenvalue weighted by molar-refractivity contribution is 5.60. The summed E-state index contributed by atoms with van der Waals surface area (Å²) in [7, 11) is 2.06. The fraction of sp³-hybridized carbons (Fsp3) is 0.333. The number of aromatic nitrogens is 2. The lowest BCUT2D eigenvalue weighted by Gasteiger charge is -2.32. The zero-order valence-electron chi connectivity index (χ0n) is 18.1. The molecule has 1 aliphatic heterocycles. The first kappa shape index (κ1) is 22.2. The quantitative estimate of drug-likeness (QED) is 0.607. The van der Waals surface area contributed by atoms with E-state index in [-0.39, 0.29) is 17.9 Å². The van der Waals surface area contributed by atoms with Crippen LogP contribution in [-0.2, 0) is 13.1 Å². The molecule has 0 unspecified atom stereocenters. The van der Waals surface area contributed by atoms with Crippen LogP contribution >= 0.6 is 0 Å². The van der Waals surface area contributed by atoms with Crippen LogP contribution in [0.5, 0.6) is 0 Å². The molecule has 0 saturated carbocycles. The van der Waals surface area contributed by atoms with Crippen molar-refractivity contribution in [3.63, 3.8) is 0 Å².